The van der Waals surface area contributed by atoms with E-state index in [0.717, 1.165) is 23.3 Å². The maximum Gasteiger partial charge on any atom is 0.289 e. The second kappa shape index (κ2) is 10.3. The first-order valence-corrected chi connectivity index (χ1v) is 9.91. The number of H-pyrrole nitrogens is 1. The molecule has 0 saturated heterocycles. The average Bonchev–Trinajstić information content (AvgIpc) is 3.31. The Bertz CT molecular complexity index is 1060. The van der Waals surface area contributed by atoms with Crippen LogP contribution in [0.5, 0.6) is 17.2 Å². The topological polar surface area (TPSA) is 97.8 Å². The van der Waals surface area contributed by atoms with Crippen LogP contribution in [0.4, 0.5) is 0 Å². The predicted molar refractivity (Wildman–Crippen MR) is 119 cm³/mol. The number of hydrogen-bond donors (Lipinski definition) is 2. The van der Waals surface area contributed by atoms with Crippen LogP contribution in [-0.2, 0) is 0 Å². The van der Waals surface area contributed by atoms with Crippen LogP contribution >= 0.6 is 0 Å². The highest BCUT2D eigenvalue weighted by Gasteiger charge is 2.12. The lowest BCUT2D eigenvalue weighted by Gasteiger charge is -2.09. The van der Waals surface area contributed by atoms with E-state index < -0.39 is 0 Å². The van der Waals surface area contributed by atoms with E-state index >= 15 is 0 Å². The Labute approximate surface area is 181 Å². The van der Waals surface area contributed by atoms with Gasteiger partial charge in [-0.15, -0.1) is 0 Å². The monoisotopic (exact) mass is 422 g/mol. The molecule has 1 heterocycles. The quantitative estimate of drug-likeness (QED) is 0.401. The fourth-order valence-corrected chi connectivity index (χ4v) is 2.85. The lowest BCUT2D eigenvalue weighted by Crippen LogP contribution is -2.19. The van der Waals surface area contributed by atoms with Crippen molar-refractivity contribution in [1.29, 1.82) is 0 Å². The second-order valence-electron chi connectivity index (χ2n) is 6.75. The van der Waals surface area contributed by atoms with Crippen LogP contribution in [0, 0.1) is 0 Å². The largest absolute Gasteiger partial charge is 0.494 e. The molecule has 0 atom stereocenters. The summed E-state index contributed by atoms with van der Waals surface area (Å²) in [5.41, 5.74) is 5.82. The maximum atomic E-state index is 12.5. The van der Waals surface area contributed by atoms with E-state index in [1.165, 1.54) is 0 Å². The Morgan fingerprint density at radius 2 is 1.81 bits per heavy atom. The Kier molecular flexibility index (Phi) is 7.26. The van der Waals surface area contributed by atoms with Gasteiger partial charge in [-0.2, -0.15) is 10.2 Å². The van der Waals surface area contributed by atoms with Crippen molar-refractivity contribution in [2.45, 2.75) is 20.3 Å². The van der Waals surface area contributed by atoms with Crippen molar-refractivity contribution in [2.75, 3.05) is 20.8 Å². The SMILES string of the molecule is CCCOc1ccc(-c2cc(C(=O)N/N=C(/C)c3ccc(OC)c(OC)c3)[nH]n2)cc1. The van der Waals surface area contributed by atoms with Crippen molar-refractivity contribution < 1.29 is 19.0 Å². The molecule has 1 aromatic heterocycles. The Hall–Kier alpha value is -3.81. The molecule has 0 aliphatic rings. The molecular formula is C23H26N4O4. The van der Waals surface area contributed by atoms with Gasteiger partial charge >= 0.3 is 0 Å². The lowest BCUT2D eigenvalue weighted by molar-refractivity contribution is 0.0950. The maximum absolute atomic E-state index is 12.5. The van der Waals surface area contributed by atoms with Gasteiger partial charge in [0.1, 0.15) is 11.4 Å². The van der Waals surface area contributed by atoms with Crippen LogP contribution < -0.4 is 19.6 Å². The molecule has 2 aromatic carbocycles. The zero-order chi connectivity index (χ0) is 22.2. The number of nitrogens with one attached hydrogen (secondary N) is 2. The van der Waals surface area contributed by atoms with Gasteiger partial charge in [-0.05, 0) is 61.9 Å². The highest BCUT2D eigenvalue weighted by atomic mass is 16.5. The van der Waals surface area contributed by atoms with E-state index in [0.29, 0.717) is 35.2 Å². The molecule has 162 valence electrons. The zero-order valence-corrected chi connectivity index (χ0v) is 18.1. The fourth-order valence-electron chi connectivity index (χ4n) is 2.85. The summed E-state index contributed by atoms with van der Waals surface area (Å²) in [6.45, 7) is 4.53. The summed E-state index contributed by atoms with van der Waals surface area (Å²) in [6, 6.07) is 14.7. The molecular weight excluding hydrogens is 396 g/mol. The third-order valence-electron chi connectivity index (χ3n) is 4.57. The number of methoxy groups -OCH3 is 2. The minimum absolute atomic E-state index is 0.310. The molecule has 3 aromatic rings. The van der Waals surface area contributed by atoms with E-state index in [4.69, 9.17) is 14.2 Å². The second-order valence-corrected chi connectivity index (χ2v) is 6.75. The zero-order valence-electron chi connectivity index (χ0n) is 18.1. The summed E-state index contributed by atoms with van der Waals surface area (Å²) in [5.74, 6) is 1.63. The Morgan fingerprint density at radius 3 is 2.48 bits per heavy atom. The molecule has 3 rings (SSSR count). The number of rotatable bonds is 9. The summed E-state index contributed by atoms with van der Waals surface area (Å²) < 4.78 is 16.1. The van der Waals surface area contributed by atoms with E-state index in [1.807, 2.05) is 30.3 Å². The number of carbonyl (C=O) groups excluding carboxylic acids is 1. The first-order valence-electron chi connectivity index (χ1n) is 9.91. The first-order chi connectivity index (χ1) is 15.0. The van der Waals surface area contributed by atoms with Crippen molar-refractivity contribution in [1.82, 2.24) is 15.6 Å². The number of aromatic nitrogens is 2. The first kappa shape index (κ1) is 21.9. The molecule has 0 aliphatic heterocycles. The van der Waals surface area contributed by atoms with Crippen molar-refractivity contribution in [2.24, 2.45) is 5.10 Å². The third kappa shape index (κ3) is 5.42. The molecule has 0 spiro atoms. The van der Waals surface area contributed by atoms with Gasteiger partial charge in [0.15, 0.2) is 11.5 Å². The molecule has 1 amide bonds. The molecule has 0 bridgehead atoms. The average molecular weight is 422 g/mol. The number of amides is 1. The minimum atomic E-state index is -0.388. The molecule has 8 heteroatoms. The lowest BCUT2D eigenvalue weighted by atomic mass is 10.1. The van der Waals surface area contributed by atoms with Crippen LogP contribution in [0.3, 0.4) is 0 Å². The van der Waals surface area contributed by atoms with Crippen LogP contribution in [-0.4, -0.2) is 42.6 Å². The Morgan fingerprint density at radius 1 is 1.06 bits per heavy atom. The molecule has 2 N–H and O–H groups in total. The summed E-state index contributed by atoms with van der Waals surface area (Å²) in [6.07, 6.45) is 0.952. The molecule has 0 unspecified atom stereocenters. The number of nitrogens with zero attached hydrogens (tertiary/aromatic N) is 2. The molecule has 8 nitrogen and oxygen atoms in total. The number of hydrazone groups is 1. The van der Waals surface area contributed by atoms with Gasteiger partial charge in [-0.3, -0.25) is 9.89 Å². The van der Waals surface area contributed by atoms with Crippen LogP contribution in [0.1, 0.15) is 36.3 Å². The van der Waals surface area contributed by atoms with Gasteiger partial charge in [0.2, 0.25) is 0 Å². The predicted octanol–water partition coefficient (Wildman–Crippen LogP) is 4.04. The number of carbonyl (C=O) groups is 1. The number of benzene rings is 2. The van der Waals surface area contributed by atoms with Crippen molar-refractivity contribution in [3.63, 3.8) is 0 Å². The molecule has 0 saturated carbocycles. The van der Waals surface area contributed by atoms with Crippen molar-refractivity contribution in [3.05, 3.63) is 59.8 Å². The van der Waals surface area contributed by atoms with Crippen molar-refractivity contribution in [3.8, 4) is 28.5 Å². The van der Waals surface area contributed by atoms with E-state index in [1.54, 1.807) is 39.3 Å². The van der Waals surface area contributed by atoms with Gasteiger partial charge in [-0.25, -0.2) is 5.43 Å². The van der Waals surface area contributed by atoms with E-state index in [-0.39, 0.29) is 5.91 Å². The summed E-state index contributed by atoms with van der Waals surface area (Å²) in [4.78, 5) is 12.5. The smallest absolute Gasteiger partial charge is 0.289 e. The minimum Gasteiger partial charge on any atom is -0.494 e. The normalized spacial score (nSPS) is 11.2. The van der Waals surface area contributed by atoms with Crippen molar-refractivity contribution >= 4 is 11.6 Å². The standard InChI is InChI=1S/C23H26N4O4/c1-5-12-31-18-9-6-16(7-10-18)19-14-20(26-25-19)23(28)27-24-15(2)17-8-11-21(29-3)22(13-17)30-4/h6-11,13-14H,5,12H2,1-4H3,(H,25,26)(H,27,28)/b24-15-. The van der Waals surface area contributed by atoms with Gasteiger partial charge in [-0.1, -0.05) is 6.92 Å². The van der Waals surface area contributed by atoms with Gasteiger partial charge in [0.25, 0.3) is 5.91 Å². The molecule has 0 radical (unpaired) electrons. The third-order valence-corrected chi connectivity index (χ3v) is 4.57. The Balaban J connectivity index is 1.67. The van der Waals surface area contributed by atoms with Crippen LogP contribution in [0.25, 0.3) is 11.3 Å². The number of aromatic amines is 1. The molecule has 0 aliphatic carbocycles. The summed E-state index contributed by atoms with van der Waals surface area (Å²) >= 11 is 0. The van der Waals surface area contributed by atoms with Gasteiger partial charge < -0.3 is 14.2 Å². The van der Waals surface area contributed by atoms with Crippen LogP contribution in [0.2, 0.25) is 0 Å². The van der Waals surface area contributed by atoms with Gasteiger partial charge in [0, 0.05) is 11.1 Å². The number of hydrogen-bond acceptors (Lipinski definition) is 6. The van der Waals surface area contributed by atoms with Crippen LogP contribution in [0.15, 0.2) is 53.6 Å². The molecule has 0 fully saturated rings. The summed E-state index contributed by atoms with van der Waals surface area (Å²) in [7, 11) is 3.14. The summed E-state index contributed by atoms with van der Waals surface area (Å²) in [5, 5.41) is 11.2. The highest BCUT2D eigenvalue weighted by molar-refractivity contribution is 6.01. The van der Waals surface area contributed by atoms with E-state index in [2.05, 4.69) is 27.6 Å². The van der Waals surface area contributed by atoms with E-state index in [9.17, 15) is 4.79 Å². The van der Waals surface area contributed by atoms with Gasteiger partial charge in [0.05, 0.1) is 32.2 Å². The number of ether oxygens (including phenoxy) is 3. The highest BCUT2D eigenvalue weighted by Crippen LogP contribution is 2.27. The fraction of sp³-hybridized carbons (Fsp3) is 0.261. The molecule has 31 heavy (non-hydrogen) atoms.